The summed E-state index contributed by atoms with van der Waals surface area (Å²) in [6.07, 6.45) is 8.32. The molecule has 0 bridgehead atoms. The van der Waals surface area contributed by atoms with Crippen LogP contribution in [0, 0.1) is 5.92 Å². The lowest BCUT2D eigenvalue weighted by molar-refractivity contribution is -0.149. The van der Waals surface area contributed by atoms with Gasteiger partial charge in [0.25, 0.3) is 0 Å². The highest BCUT2D eigenvalue weighted by atomic mass is 16.5. The minimum absolute atomic E-state index is 0.0260. The van der Waals surface area contributed by atoms with E-state index in [1.54, 1.807) is 24.4 Å². The number of allylic oxidation sites excluding steroid dienone is 3. The summed E-state index contributed by atoms with van der Waals surface area (Å²) >= 11 is 0. The first-order chi connectivity index (χ1) is 12.5. The third-order valence-corrected chi connectivity index (χ3v) is 4.24. The van der Waals surface area contributed by atoms with Crippen molar-refractivity contribution in [2.45, 2.75) is 38.7 Å². The minimum Gasteiger partial charge on any atom is -0.474 e. The van der Waals surface area contributed by atoms with Gasteiger partial charge in [0.1, 0.15) is 6.10 Å². The Morgan fingerprint density at radius 3 is 2.54 bits per heavy atom. The number of aldehydes is 1. The second-order valence-electron chi connectivity index (χ2n) is 6.14. The van der Waals surface area contributed by atoms with Crippen LogP contribution in [0.4, 0.5) is 0 Å². The van der Waals surface area contributed by atoms with Gasteiger partial charge in [-0.05, 0) is 50.8 Å². The molecule has 0 aliphatic heterocycles. The fourth-order valence-electron chi connectivity index (χ4n) is 2.79. The highest BCUT2D eigenvalue weighted by Crippen LogP contribution is 2.28. The van der Waals surface area contributed by atoms with Gasteiger partial charge in [-0.3, -0.25) is 9.59 Å². The Morgan fingerprint density at radius 2 is 1.96 bits per heavy atom. The van der Waals surface area contributed by atoms with Crippen LogP contribution in [-0.4, -0.2) is 30.0 Å². The molecule has 1 fully saturated rings. The Morgan fingerprint density at radius 1 is 1.23 bits per heavy atom. The van der Waals surface area contributed by atoms with Gasteiger partial charge in [0, 0.05) is 23.5 Å². The topological polar surface area (TPSA) is 118 Å². The molecule has 26 heavy (non-hydrogen) atoms. The van der Waals surface area contributed by atoms with Crippen molar-refractivity contribution in [1.82, 2.24) is 4.98 Å². The van der Waals surface area contributed by atoms with E-state index in [0.717, 1.165) is 25.7 Å². The second-order valence-corrected chi connectivity index (χ2v) is 6.14. The molecule has 7 nitrogen and oxygen atoms in total. The van der Waals surface area contributed by atoms with Crippen LogP contribution in [-0.2, 0) is 14.3 Å². The molecule has 1 aromatic rings. The summed E-state index contributed by atoms with van der Waals surface area (Å²) in [5.41, 5.74) is 12.6. The first-order valence-corrected chi connectivity index (χ1v) is 8.71. The third-order valence-electron chi connectivity index (χ3n) is 4.24. The molecule has 4 N–H and O–H groups in total. The zero-order chi connectivity index (χ0) is 18.9. The Kier molecular flexibility index (Phi) is 7.20. The Labute approximate surface area is 153 Å². The van der Waals surface area contributed by atoms with Crippen molar-refractivity contribution in [3.05, 3.63) is 41.7 Å². The average molecular weight is 359 g/mol. The van der Waals surface area contributed by atoms with Gasteiger partial charge in [0.15, 0.2) is 6.29 Å². The monoisotopic (exact) mass is 359 g/mol. The summed E-state index contributed by atoms with van der Waals surface area (Å²) in [7, 11) is 0. The standard InChI is InChI=1S/C19H25N3O4/c1-2-25-19(24)13-3-7-16(8-4-13)26-18-10-5-14(11-22-18)17(21)9-6-15(20)12-23/h5-6,9-13,16H,2-4,7-8,20-21H2,1H3/b15-6-,17-9-. The summed E-state index contributed by atoms with van der Waals surface area (Å²) in [4.78, 5) is 26.5. The molecular formula is C19H25N3O4. The lowest BCUT2D eigenvalue weighted by Crippen LogP contribution is -2.29. The number of hydrogen-bond acceptors (Lipinski definition) is 7. The van der Waals surface area contributed by atoms with Crippen LogP contribution in [0.15, 0.2) is 36.2 Å². The fourth-order valence-corrected chi connectivity index (χ4v) is 2.79. The van der Waals surface area contributed by atoms with Crippen LogP contribution < -0.4 is 16.2 Å². The summed E-state index contributed by atoms with van der Waals surface area (Å²) in [6.45, 7) is 2.23. The van der Waals surface area contributed by atoms with Crippen molar-refractivity contribution in [1.29, 1.82) is 0 Å². The normalized spacial score (nSPS) is 21.1. The second kappa shape index (κ2) is 9.60. The number of rotatable bonds is 7. The maximum Gasteiger partial charge on any atom is 0.308 e. The summed E-state index contributed by atoms with van der Waals surface area (Å²) < 4.78 is 11.0. The molecule has 1 saturated carbocycles. The number of esters is 1. The van der Waals surface area contributed by atoms with Crippen LogP contribution in [0.3, 0.4) is 0 Å². The van der Waals surface area contributed by atoms with Crippen LogP contribution in [0.2, 0.25) is 0 Å². The van der Waals surface area contributed by atoms with E-state index < -0.39 is 0 Å². The van der Waals surface area contributed by atoms with E-state index >= 15 is 0 Å². The number of aromatic nitrogens is 1. The van der Waals surface area contributed by atoms with E-state index in [2.05, 4.69) is 4.98 Å². The molecule has 7 heteroatoms. The number of carbonyl (C=O) groups excluding carboxylic acids is 2. The van der Waals surface area contributed by atoms with Gasteiger partial charge in [0.05, 0.1) is 18.2 Å². The summed E-state index contributed by atoms with van der Waals surface area (Å²) in [5, 5.41) is 0. The van der Waals surface area contributed by atoms with Gasteiger partial charge in [0.2, 0.25) is 5.88 Å². The lowest BCUT2D eigenvalue weighted by atomic mass is 9.87. The van der Waals surface area contributed by atoms with E-state index in [1.165, 1.54) is 6.08 Å². The van der Waals surface area contributed by atoms with E-state index in [9.17, 15) is 9.59 Å². The predicted octanol–water partition coefficient (Wildman–Crippen LogP) is 1.92. The van der Waals surface area contributed by atoms with E-state index in [1.807, 2.05) is 6.92 Å². The maximum atomic E-state index is 11.8. The molecule has 0 radical (unpaired) electrons. The Hall–Kier alpha value is -2.83. The average Bonchev–Trinajstić information content (AvgIpc) is 2.67. The molecular weight excluding hydrogens is 334 g/mol. The summed E-state index contributed by atoms with van der Waals surface area (Å²) in [5.74, 6) is 0.381. The van der Waals surface area contributed by atoms with Gasteiger partial charge in [-0.15, -0.1) is 0 Å². The zero-order valence-corrected chi connectivity index (χ0v) is 14.9. The molecule has 1 aromatic heterocycles. The molecule has 140 valence electrons. The Balaban J connectivity index is 1.88. The van der Waals surface area contributed by atoms with Crippen molar-refractivity contribution < 1.29 is 19.1 Å². The predicted molar refractivity (Wildman–Crippen MR) is 97.7 cm³/mol. The number of ether oxygens (including phenoxy) is 2. The molecule has 0 aromatic carbocycles. The molecule has 1 heterocycles. The van der Waals surface area contributed by atoms with Gasteiger partial charge in [-0.2, -0.15) is 0 Å². The lowest BCUT2D eigenvalue weighted by Gasteiger charge is -2.27. The van der Waals surface area contributed by atoms with Crippen molar-refractivity contribution >= 4 is 18.0 Å². The molecule has 0 spiro atoms. The largest absolute Gasteiger partial charge is 0.474 e. The van der Waals surface area contributed by atoms with Crippen LogP contribution >= 0.6 is 0 Å². The van der Waals surface area contributed by atoms with E-state index in [0.29, 0.717) is 30.0 Å². The van der Waals surface area contributed by atoms with Crippen LogP contribution in [0.5, 0.6) is 5.88 Å². The van der Waals surface area contributed by atoms with E-state index in [4.69, 9.17) is 20.9 Å². The quantitative estimate of drug-likeness (QED) is 0.330. The minimum atomic E-state index is -0.111. The number of nitrogens with zero attached hydrogens (tertiary/aromatic N) is 1. The maximum absolute atomic E-state index is 11.8. The van der Waals surface area contributed by atoms with Gasteiger partial charge in [-0.25, -0.2) is 4.98 Å². The third kappa shape index (κ3) is 5.61. The smallest absolute Gasteiger partial charge is 0.308 e. The van der Waals surface area contributed by atoms with E-state index in [-0.39, 0.29) is 23.7 Å². The highest BCUT2D eigenvalue weighted by molar-refractivity contribution is 5.74. The van der Waals surface area contributed by atoms with Crippen LogP contribution in [0.1, 0.15) is 38.2 Å². The number of carbonyl (C=O) groups is 2. The van der Waals surface area contributed by atoms with Gasteiger partial charge >= 0.3 is 5.97 Å². The first-order valence-electron chi connectivity index (χ1n) is 8.71. The number of hydrogen-bond donors (Lipinski definition) is 2. The van der Waals surface area contributed by atoms with Gasteiger partial charge < -0.3 is 20.9 Å². The fraction of sp³-hybridized carbons (Fsp3) is 0.421. The molecule has 1 aliphatic carbocycles. The van der Waals surface area contributed by atoms with Gasteiger partial charge in [-0.1, -0.05) is 0 Å². The first kappa shape index (κ1) is 19.5. The zero-order valence-electron chi connectivity index (χ0n) is 14.9. The highest BCUT2D eigenvalue weighted by Gasteiger charge is 2.28. The van der Waals surface area contributed by atoms with Crippen LogP contribution in [0.25, 0.3) is 5.70 Å². The molecule has 0 amide bonds. The molecule has 0 saturated heterocycles. The SMILES string of the molecule is CCOC(=O)C1CCC(Oc2ccc(/C(N)=C/C=C(\N)C=O)cn2)CC1. The number of pyridine rings is 1. The molecule has 0 atom stereocenters. The molecule has 1 aliphatic rings. The van der Waals surface area contributed by atoms with Crippen molar-refractivity contribution in [2.75, 3.05) is 6.61 Å². The molecule has 2 rings (SSSR count). The van der Waals surface area contributed by atoms with Crippen molar-refractivity contribution in [3.8, 4) is 5.88 Å². The number of nitrogens with two attached hydrogens (primary N) is 2. The Bertz CT molecular complexity index is 675. The summed E-state index contributed by atoms with van der Waals surface area (Å²) in [6, 6.07) is 3.55. The van der Waals surface area contributed by atoms with Crippen molar-refractivity contribution in [3.63, 3.8) is 0 Å². The molecule has 0 unspecified atom stereocenters. The van der Waals surface area contributed by atoms with Crippen molar-refractivity contribution in [2.24, 2.45) is 17.4 Å².